The average molecular weight is 439 g/mol. The predicted molar refractivity (Wildman–Crippen MR) is 107 cm³/mol. The fraction of sp³-hybridized carbons (Fsp3) is 0.222. The topological polar surface area (TPSA) is 79.5 Å². The van der Waals surface area contributed by atoms with Gasteiger partial charge in [0.2, 0.25) is 10.0 Å². The summed E-state index contributed by atoms with van der Waals surface area (Å²) in [6.07, 6.45) is 0. The summed E-state index contributed by atoms with van der Waals surface area (Å²) in [6.45, 7) is 1.43. The second kappa shape index (κ2) is 7.71. The van der Waals surface area contributed by atoms with E-state index in [1.54, 1.807) is 12.1 Å². The van der Waals surface area contributed by atoms with Gasteiger partial charge in [-0.15, -0.1) is 0 Å². The largest absolute Gasteiger partial charge is 0.336 e. The Morgan fingerprint density at radius 3 is 2.36 bits per heavy atom. The zero-order valence-electron chi connectivity index (χ0n) is 14.6. The van der Waals surface area contributed by atoms with Crippen molar-refractivity contribution in [2.24, 2.45) is 0 Å². The fourth-order valence-electron chi connectivity index (χ4n) is 2.99. The van der Waals surface area contributed by atoms with Crippen molar-refractivity contribution in [1.29, 1.82) is 0 Å². The van der Waals surface area contributed by atoms with Gasteiger partial charge in [-0.3, -0.25) is 0 Å². The lowest BCUT2D eigenvalue weighted by atomic mass is 10.2. The molecule has 0 spiro atoms. The Morgan fingerprint density at radius 2 is 1.64 bits per heavy atom. The quantitative estimate of drug-likeness (QED) is 0.619. The van der Waals surface area contributed by atoms with Crippen molar-refractivity contribution in [3.05, 3.63) is 58.6 Å². The van der Waals surface area contributed by atoms with Crippen LogP contribution in [0.4, 0.5) is 5.95 Å². The molecule has 1 aromatic heterocycles. The molecule has 1 aliphatic rings. The van der Waals surface area contributed by atoms with E-state index in [1.165, 1.54) is 10.4 Å². The Hall–Kier alpha value is -2.13. The van der Waals surface area contributed by atoms with Gasteiger partial charge in [-0.05, 0) is 29.4 Å². The van der Waals surface area contributed by atoms with E-state index < -0.39 is 10.0 Å². The molecule has 0 bridgehead atoms. The Bertz CT molecular complexity index is 1080. The number of sulfonamides is 1. The van der Waals surface area contributed by atoms with Gasteiger partial charge in [0.1, 0.15) is 4.90 Å². The van der Waals surface area contributed by atoms with Crippen LogP contribution < -0.4 is 4.90 Å². The number of halogens is 2. The molecule has 0 unspecified atom stereocenters. The third-order valence-corrected chi connectivity index (χ3v) is 7.36. The molecule has 2 heterocycles. The van der Waals surface area contributed by atoms with E-state index in [2.05, 4.69) is 10.1 Å². The molecule has 4 rings (SSSR count). The second-order valence-electron chi connectivity index (χ2n) is 6.21. The molecule has 0 N–H and O–H groups in total. The number of hydrogen-bond acceptors (Lipinski definition) is 6. The van der Waals surface area contributed by atoms with E-state index in [-0.39, 0.29) is 28.0 Å². The number of nitrogens with zero attached hydrogens (tertiary/aromatic N) is 4. The first-order valence-electron chi connectivity index (χ1n) is 8.55. The van der Waals surface area contributed by atoms with Crippen molar-refractivity contribution < 1.29 is 12.9 Å². The first kappa shape index (κ1) is 19.2. The maximum atomic E-state index is 12.9. The second-order valence-corrected chi connectivity index (χ2v) is 8.90. The van der Waals surface area contributed by atoms with Crippen molar-refractivity contribution >= 4 is 39.2 Å². The van der Waals surface area contributed by atoms with E-state index in [0.717, 1.165) is 5.56 Å². The highest BCUT2D eigenvalue weighted by atomic mass is 35.5. The van der Waals surface area contributed by atoms with Gasteiger partial charge in [0.25, 0.3) is 11.8 Å². The molecule has 0 atom stereocenters. The zero-order valence-corrected chi connectivity index (χ0v) is 17.0. The van der Waals surface area contributed by atoms with Crippen LogP contribution in [0.15, 0.2) is 57.9 Å². The minimum absolute atomic E-state index is 0.0149. The maximum Gasteiger partial charge on any atom is 0.266 e. The van der Waals surface area contributed by atoms with E-state index in [9.17, 15) is 8.42 Å². The SMILES string of the molecule is O=S(=O)(c1cccc(Cl)c1Cl)N1CCN(c2noc(-c3ccccc3)n2)CC1. The average Bonchev–Trinajstić information content (AvgIpc) is 3.21. The number of benzene rings is 2. The Labute approximate surface area is 172 Å². The van der Waals surface area contributed by atoms with E-state index in [4.69, 9.17) is 27.7 Å². The molecular formula is C18H16Cl2N4O3S. The predicted octanol–water partition coefficient (Wildman–Crippen LogP) is 3.55. The lowest BCUT2D eigenvalue weighted by Crippen LogP contribution is -2.49. The lowest BCUT2D eigenvalue weighted by Gasteiger charge is -2.33. The van der Waals surface area contributed by atoms with Gasteiger partial charge in [0.15, 0.2) is 0 Å². The fourth-order valence-corrected chi connectivity index (χ4v) is 5.15. The van der Waals surface area contributed by atoms with Crippen molar-refractivity contribution in [3.8, 4) is 11.5 Å². The molecule has 2 aromatic carbocycles. The van der Waals surface area contributed by atoms with Crippen LogP contribution in [0.5, 0.6) is 0 Å². The molecule has 1 saturated heterocycles. The van der Waals surface area contributed by atoms with Crippen LogP contribution in [-0.4, -0.2) is 49.0 Å². The number of piperazine rings is 1. The summed E-state index contributed by atoms with van der Waals surface area (Å²) in [5.41, 5.74) is 0.832. The van der Waals surface area contributed by atoms with Crippen LogP contribution in [-0.2, 0) is 10.0 Å². The third-order valence-electron chi connectivity index (χ3n) is 4.49. The van der Waals surface area contributed by atoms with Crippen LogP contribution >= 0.6 is 23.2 Å². The van der Waals surface area contributed by atoms with E-state index in [1.807, 2.05) is 35.2 Å². The standard InChI is InChI=1S/C18H16Cl2N4O3S/c19-14-7-4-8-15(16(14)20)28(25,26)24-11-9-23(10-12-24)18-21-17(27-22-18)13-5-2-1-3-6-13/h1-8H,9-12H2. The minimum Gasteiger partial charge on any atom is -0.336 e. The Morgan fingerprint density at radius 1 is 0.929 bits per heavy atom. The molecule has 1 fully saturated rings. The van der Waals surface area contributed by atoms with Gasteiger partial charge in [0.05, 0.1) is 10.0 Å². The summed E-state index contributed by atoms with van der Waals surface area (Å²) in [5.74, 6) is 0.869. The first-order chi connectivity index (χ1) is 13.5. The number of rotatable bonds is 4. The van der Waals surface area contributed by atoms with Crippen LogP contribution in [0.1, 0.15) is 0 Å². The van der Waals surface area contributed by atoms with Crippen molar-refractivity contribution in [3.63, 3.8) is 0 Å². The molecule has 28 heavy (non-hydrogen) atoms. The van der Waals surface area contributed by atoms with Crippen molar-refractivity contribution in [2.45, 2.75) is 4.90 Å². The summed E-state index contributed by atoms with van der Waals surface area (Å²) in [5, 5.41) is 4.27. The highest BCUT2D eigenvalue weighted by Gasteiger charge is 2.31. The van der Waals surface area contributed by atoms with Gasteiger partial charge in [0, 0.05) is 31.7 Å². The van der Waals surface area contributed by atoms with Crippen molar-refractivity contribution in [1.82, 2.24) is 14.4 Å². The highest BCUT2D eigenvalue weighted by molar-refractivity contribution is 7.89. The van der Waals surface area contributed by atoms with Gasteiger partial charge in [-0.25, -0.2) is 8.42 Å². The molecule has 0 aliphatic carbocycles. The molecule has 146 valence electrons. The smallest absolute Gasteiger partial charge is 0.266 e. The normalized spacial score (nSPS) is 15.7. The maximum absolute atomic E-state index is 12.9. The molecule has 10 heteroatoms. The number of hydrogen-bond donors (Lipinski definition) is 0. The number of aromatic nitrogens is 2. The molecule has 0 amide bonds. The number of anilines is 1. The summed E-state index contributed by atoms with van der Waals surface area (Å²) >= 11 is 12.1. The lowest BCUT2D eigenvalue weighted by molar-refractivity contribution is 0.377. The summed E-state index contributed by atoms with van der Waals surface area (Å²) < 4.78 is 32.5. The van der Waals surface area contributed by atoms with Crippen LogP contribution in [0.2, 0.25) is 10.0 Å². The molecule has 0 saturated carbocycles. The first-order valence-corrected chi connectivity index (χ1v) is 10.7. The summed E-state index contributed by atoms with van der Waals surface area (Å²) in [7, 11) is -3.73. The van der Waals surface area contributed by atoms with Gasteiger partial charge in [-0.1, -0.05) is 47.5 Å². The monoisotopic (exact) mass is 438 g/mol. The Balaban J connectivity index is 1.48. The molecule has 1 aliphatic heterocycles. The summed E-state index contributed by atoms with van der Waals surface area (Å²) in [4.78, 5) is 6.32. The molecule has 0 radical (unpaired) electrons. The third kappa shape index (κ3) is 3.60. The highest BCUT2D eigenvalue weighted by Crippen LogP contribution is 2.31. The van der Waals surface area contributed by atoms with E-state index >= 15 is 0 Å². The van der Waals surface area contributed by atoms with E-state index in [0.29, 0.717) is 24.9 Å². The van der Waals surface area contributed by atoms with Gasteiger partial charge in [-0.2, -0.15) is 9.29 Å². The van der Waals surface area contributed by atoms with Gasteiger partial charge < -0.3 is 9.42 Å². The minimum atomic E-state index is -3.73. The molecular weight excluding hydrogens is 423 g/mol. The Kier molecular flexibility index (Phi) is 5.29. The van der Waals surface area contributed by atoms with Crippen molar-refractivity contribution in [2.75, 3.05) is 31.1 Å². The molecule has 7 nitrogen and oxygen atoms in total. The zero-order chi connectivity index (χ0) is 19.7. The van der Waals surface area contributed by atoms with Gasteiger partial charge >= 0.3 is 0 Å². The molecule has 3 aromatic rings. The van der Waals surface area contributed by atoms with Crippen LogP contribution in [0.3, 0.4) is 0 Å². The van der Waals surface area contributed by atoms with Crippen LogP contribution in [0.25, 0.3) is 11.5 Å². The van der Waals surface area contributed by atoms with Crippen LogP contribution in [0, 0.1) is 0 Å². The summed E-state index contributed by atoms with van der Waals surface area (Å²) in [6, 6.07) is 14.1.